The third-order valence-corrected chi connectivity index (χ3v) is 13.8. The zero-order valence-electron chi connectivity index (χ0n) is 43.2. The monoisotopic (exact) mass is 951 g/mol. The second-order valence-corrected chi connectivity index (χ2v) is 19.4. The zero-order valence-corrected chi connectivity index (χ0v) is 43.2. The Morgan fingerprint density at radius 1 is 0.386 bits per heavy atom. The van der Waals surface area contributed by atoms with Crippen molar-refractivity contribution in [2.45, 2.75) is 126 Å². The van der Waals surface area contributed by atoms with E-state index in [1.54, 1.807) is 0 Å². The Labute approximate surface area is 418 Å². The quantitative estimate of drug-likeness (QED) is 0.0629. The molecule has 1 heterocycles. The highest BCUT2D eigenvalue weighted by molar-refractivity contribution is 6.11. The standard InChI is InChI=1S/C62H78O8/c1-8-15-42-16-18-43(19-17-42)48-40-69-53-26-22-44-34-46(59-55(65-30-11-4)36-49(63-28-9-2)37-56(59)66-31-12-5)20-24-51(44)61(53)62-52-25-21-47(35-45(52)23-27-54(62)70-41-48)60-57(67-32-13-6)38-50(64-29-10-3)39-58(60)68-33-14-7/h20-27,34-39,42-43,48H,8-19,28-33,40-41H2,1-7H3. The van der Waals surface area contributed by atoms with Crippen LogP contribution in [0.4, 0.5) is 0 Å². The van der Waals surface area contributed by atoms with Gasteiger partial charge >= 0.3 is 0 Å². The highest BCUT2D eigenvalue weighted by atomic mass is 16.5. The van der Waals surface area contributed by atoms with E-state index in [1.807, 2.05) is 24.3 Å². The number of benzene rings is 6. The number of rotatable bonds is 23. The molecule has 0 radical (unpaired) electrons. The minimum atomic E-state index is 0.275. The van der Waals surface area contributed by atoms with E-state index in [0.29, 0.717) is 58.8 Å². The molecule has 0 N–H and O–H groups in total. The summed E-state index contributed by atoms with van der Waals surface area (Å²) in [6.45, 7) is 19.9. The Bertz CT molecular complexity index is 2420. The first-order valence-corrected chi connectivity index (χ1v) is 26.9. The maximum Gasteiger partial charge on any atom is 0.134 e. The van der Waals surface area contributed by atoms with Crippen molar-refractivity contribution < 1.29 is 37.9 Å². The van der Waals surface area contributed by atoms with Gasteiger partial charge in [-0.1, -0.05) is 111 Å². The van der Waals surface area contributed by atoms with Crippen LogP contribution in [0.1, 0.15) is 126 Å². The lowest BCUT2D eigenvalue weighted by molar-refractivity contribution is 0.0983. The van der Waals surface area contributed by atoms with Crippen LogP contribution in [0.15, 0.2) is 84.9 Å². The topological polar surface area (TPSA) is 73.8 Å². The van der Waals surface area contributed by atoms with Crippen molar-refractivity contribution in [3.63, 3.8) is 0 Å². The number of ether oxygens (including phenoxy) is 8. The molecule has 8 heteroatoms. The predicted octanol–water partition coefficient (Wildman–Crippen LogP) is 16.7. The van der Waals surface area contributed by atoms with Crippen molar-refractivity contribution in [1.29, 1.82) is 0 Å². The van der Waals surface area contributed by atoms with E-state index in [4.69, 9.17) is 37.9 Å². The summed E-state index contributed by atoms with van der Waals surface area (Å²) in [7, 11) is 0. The molecule has 0 spiro atoms. The first kappa shape index (κ1) is 50.6. The smallest absolute Gasteiger partial charge is 0.134 e. The lowest BCUT2D eigenvalue weighted by atomic mass is 9.75. The van der Waals surface area contributed by atoms with Crippen LogP contribution < -0.4 is 37.9 Å². The van der Waals surface area contributed by atoms with Gasteiger partial charge in [-0.25, -0.2) is 0 Å². The van der Waals surface area contributed by atoms with E-state index in [2.05, 4.69) is 109 Å². The Morgan fingerprint density at radius 2 is 0.771 bits per heavy atom. The summed E-state index contributed by atoms with van der Waals surface area (Å²) in [5.41, 5.74) is 5.97. The van der Waals surface area contributed by atoms with Crippen LogP contribution >= 0.6 is 0 Å². The summed E-state index contributed by atoms with van der Waals surface area (Å²) in [5.74, 6) is 7.97. The van der Waals surface area contributed by atoms with E-state index >= 15 is 0 Å². The number of hydrogen-bond donors (Lipinski definition) is 0. The molecule has 1 aliphatic carbocycles. The van der Waals surface area contributed by atoms with Crippen molar-refractivity contribution in [3.8, 4) is 79.4 Å². The second-order valence-electron chi connectivity index (χ2n) is 19.4. The van der Waals surface area contributed by atoms with Crippen molar-refractivity contribution in [2.24, 2.45) is 17.8 Å². The summed E-state index contributed by atoms with van der Waals surface area (Å²) >= 11 is 0. The summed E-state index contributed by atoms with van der Waals surface area (Å²) < 4.78 is 52.6. The molecule has 1 saturated carbocycles. The average molecular weight is 951 g/mol. The fourth-order valence-corrected chi connectivity index (χ4v) is 10.4. The summed E-state index contributed by atoms with van der Waals surface area (Å²) in [6, 6.07) is 30.3. The molecule has 0 unspecified atom stereocenters. The summed E-state index contributed by atoms with van der Waals surface area (Å²) in [5, 5.41) is 4.34. The molecule has 1 fully saturated rings. The van der Waals surface area contributed by atoms with Gasteiger partial charge in [0.25, 0.3) is 0 Å². The molecule has 0 saturated heterocycles. The van der Waals surface area contributed by atoms with E-state index < -0.39 is 0 Å². The van der Waals surface area contributed by atoms with Gasteiger partial charge in [-0.05, 0) is 120 Å². The lowest BCUT2D eigenvalue weighted by Crippen LogP contribution is -2.30. The molecular weight excluding hydrogens is 873 g/mol. The molecule has 0 atom stereocenters. The maximum absolute atomic E-state index is 7.11. The highest BCUT2D eigenvalue weighted by Gasteiger charge is 2.31. The molecule has 0 bridgehead atoms. The van der Waals surface area contributed by atoms with Gasteiger partial charge < -0.3 is 37.9 Å². The average Bonchev–Trinajstić information content (AvgIpc) is 3.47. The van der Waals surface area contributed by atoms with Gasteiger partial charge in [0.15, 0.2) is 0 Å². The Morgan fingerprint density at radius 3 is 1.14 bits per heavy atom. The third kappa shape index (κ3) is 11.7. The van der Waals surface area contributed by atoms with Gasteiger partial charge in [-0.2, -0.15) is 0 Å². The van der Waals surface area contributed by atoms with E-state index in [0.717, 1.165) is 145 Å². The number of fused-ring (bicyclic) bond motifs is 7. The van der Waals surface area contributed by atoms with Crippen LogP contribution in [0.3, 0.4) is 0 Å². The molecule has 70 heavy (non-hydrogen) atoms. The number of hydrogen-bond acceptors (Lipinski definition) is 8. The third-order valence-electron chi connectivity index (χ3n) is 13.8. The lowest BCUT2D eigenvalue weighted by Gasteiger charge is -2.33. The van der Waals surface area contributed by atoms with E-state index in [9.17, 15) is 0 Å². The van der Waals surface area contributed by atoms with Crippen molar-refractivity contribution >= 4 is 21.5 Å². The van der Waals surface area contributed by atoms with Gasteiger partial charge in [0.05, 0.1) is 64.0 Å². The molecule has 6 aromatic carbocycles. The normalized spacial score (nSPS) is 16.0. The van der Waals surface area contributed by atoms with Gasteiger partial charge in [0.1, 0.15) is 46.0 Å². The van der Waals surface area contributed by atoms with Gasteiger partial charge in [-0.15, -0.1) is 0 Å². The molecule has 0 aromatic heterocycles. The first-order valence-electron chi connectivity index (χ1n) is 26.9. The molecule has 2 aliphatic rings. The summed E-state index contributed by atoms with van der Waals surface area (Å²) in [6.07, 6.45) is 13.0. The van der Waals surface area contributed by atoms with Crippen LogP contribution in [0.2, 0.25) is 0 Å². The fraction of sp³-hybridized carbons (Fsp3) is 0.484. The van der Waals surface area contributed by atoms with Crippen LogP contribution in [-0.4, -0.2) is 52.9 Å². The first-order chi connectivity index (χ1) is 34.4. The zero-order chi connectivity index (χ0) is 48.8. The highest BCUT2D eigenvalue weighted by Crippen LogP contribution is 2.51. The summed E-state index contributed by atoms with van der Waals surface area (Å²) in [4.78, 5) is 0. The molecule has 6 aromatic rings. The van der Waals surface area contributed by atoms with E-state index in [-0.39, 0.29) is 5.92 Å². The molecule has 374 valence electrons. The van der Waals surface area contributed by atoms with Crippen molar-refractivity contribution in [2.75, 3.05) is 52.9 Å². The van der Waals surface area contributed by atoms with Crippen molar-refractivity contribution in [1.82, 2.24) is 0 Å². The van der Waals surface area contributed by atoms with Crippen LogP contribution in [0.5, 0.6) is 46.0 Å². The largest absolute Gasteiger partial charge is 0.493 e. The van der Waals surface area contributed by atoms with Gasteiger partial charge in [-0.3, -0.25) is 0 Å². The SMILES string of the molecule is CCCOc1cc(OCCC)c(-c2ccc3c4c(ccc3c2)OCC(C2CCC(CCC)CC2)COc2ccc3cc(-c5c(OCCC)cc(OCCC)cc5OCCC)ccc3c2-4)c(OCCC)c1. The Hall–Kier alpha value is -5.76. The fourth-order valence-electron chi connectivity index (χ4n) is 10.4. The van der Waals surface area contributed by atoms with Crippen molar-refractivity contribution in [3.05, 3.63) is 84.9 Å². The van der Waals surface area contributed by atoms with Gasteiger partial charge in [0.2, 0.25) is 0 Å². The Balaban J connectivity index is 1.29. The minimum Gasteiger partial charge on any atom is -0.493 e. The molecule has 1 aliphatic heterocycles. The minimum absolute atomic E-state index is 0.275. The molecule has 8 nitrogen and oxygen atoms in total. The van der Waals surface area contributed by atoms with Crippen LogP contribution in [-0.2, 0) is 0 Å². The second kappa shape index (κ2) is 24.9. The predicted molar refractivity (Wildman–Crippen MR) is 287 cm³/mol. The Kier molecular flexibility index (Phi) is 18.0. The molecular formula is C62H78O8. The molecule has 0 amide bonds. The van der Waals surface area contributed by atoms with E-state index in [1.165, 1.54) is 38.5 Å². The van der Waals surface area contributed by atoms with Crippen LogP contribution in [0.25, 0.3) is 54.9 Å². The maximum atomic E-state index is 7.11. The van der Waals surface area contributed by atoms with Crippen LogP contribution in [0, 0.1) is 17.8 Å². The van der Waals surface area contributed by atoms with Gasteiger partial charge in [0, 0.05) is 41.3 Å². The molecule has 8 rings (SSSR count).